The van der Waals surface area contributed by atoms with Gasteiger partial charge in [0.25, 0.3) is 0 Å². The first-order valence-electron chi connectivity index (χ1n) is 6.40. The second-order valence-electron chi connectivity index (χ2n) is 4.32. The predicted molar refractivity (Wildman–Crippen MR) is 70.7 cm³/mol. The summed E-state index contributed by atoms with van der Waals surface area (Å²) in [7, 11) is 1.49. The number of carboxylic acids is 1. The molecule has 3 amide bonds. The molecule has 0 aliphatic rings. The zero-order valence-corrected chi connectivity index (χ0v) is 11.7. The summed E-state index contributed by atoms with van der Waals surface area (Å²) >= 11 is 0. The lowest BCUT2D eigenvalue weighted by molar-refractivity contribution is -0.141. The maximum Gasteiger partial charge on any atom is 0.317 e. The Morgan fingerprint density at radius 1 is 1.21 bits per heavy atom. The average molecular weight is 273 g/mol. The molecule has 7 heteroatoms. The smallest absolute Gasteiger partial charge is 0.317 e. The van der Waals surface area contributed by atoms with E-state index in [0.717, 1.165) is 6.42 Å². The maximum atomic E-state index is 11.7. The van der Waals surface area contributed by atoms with Gasteiger partial charge in [-0.15, -0.1) is 0 Å². The van der Waals surface area contributed by atoms with Gasteiger partial charge in [-0.3, -0.25) is 9.59 Å². The number of amides is 3. The molecule has 0 saturated heterocycles. The van der Waals surface area contributed by atoms with E-state index in [1.807, 2.05) is 6.92 Å². The molecule has 0 heterocycles. The predicted octanol–water partition coefficient (Wildman–Crippen LogP) is 0.265. The van der Waals surface area contributed by atoms with Crippen molar-refractivity contribution < 1.29 is 19.5 Å². The summed E-state index contributed by atoms with van der Waals surface area (Å²) < 4.78 is 0. The standard InChI is InChI=1S/C12H23N3O4/c1-4-6-9(11(17)18)7-14-12(19)15(3)8-10(16)13-5-2/h9H,4-8H2,1-3H3,(H,13,16)(H,14,19)(H,17,18). The monoisotopic (exact) mass is 273 g/mol. The number of carboxylic acid groups (broad SMARTS) is 1. The first-order valence-corrected chi connectivity index (χ1v) is 6.40. The van der Waals surface area contributed by atoms with E-state index in [9.17, 15) is 14.4 Å². The topological polar surface area (TPSA) is 98.7 Å². The third-order valence-corrected chi connectivity index (χ3v) is 2.59. The van der Waals surface area contributed by atoms with Gasteiger partial charge in [-0.1, -0.05) is 13.3 Å². The van der Waals surface area contributed by atoms with Crippen molar-refractivity contribution >= 4 is 17.9 Å². The molecular formula is C12H23N3O4. The molecule has 0 aliphatic heterocycles. The molecule has 7 nitrogen and oxygen atoms in total. The van der Waals surface area contributed by atoms with E-state index >= 15 is 0 Å². The summed E-state index contributed by atoms with van der Waals surface area (Å²) in [6, 6.07) is -0.450. The Balaban J connectivity index is 4.14. The van der Waals surface area contributed by atoms with E-state index in [1.165, 1.54) is 11.9 Å². The number of aliphatic carboxylic acids is 1. The first-order chi connectivity index (χ1) is 8.92. The van der Waals surface area contributed by atoms with Crippen LogP contribution in [0.15, 0.2) is 0 Å². The highest BCUT2D eigenvalue weighted by Gasteiger charge is 2.19. The van der Waals surface area contributed by atoms with Gasteiger partial charge in [0.05, 0.1) is 5.92 Å². The number of nitrogens with zero attached hydrogens (tertiary/aromatic N) is 1. The van der Waals surface area contributed by atoms with Crippen LogP contribution in [0.5, 0.6) is 0 Å². The van der Waals surface area contributed by atoms with Crippen molar-refractivity contribution in [1.29, 1.82) is 0 Å². The molecule has 19 heavy (non-hydrogen) atoms. The second kappa shape index (κ2) is 9.18. The molecule has 0 rings (SSSR count). The van der Waals surface area contributed by atoms with E-state index in [4.69, 9.17) is 5.11 Å². The van der Waals surface area contributed by atoms with Crippen molar-refractivity contribution in [1.82, 2.24) is 15.5 Å². The summed E-state index contributed by atoms with van der Waals surface area (Å²) in [5.41, 5.74) is 0. The molecule has 0 aromatic heterocycles. The van der Waals surface area contributed by atoms with Crippen molar-refractivity contribution in [3.05, 3.63) is 0 Å². The highest BCUT2D eigenvalue weighted by Crippen LogP contribution is 2.05. The van der Waals surface area contributed by atoms with Gasteiger partial charge in [-0.25, -0.2) is 4.79 Å². The van der Waals surface area contributed by atoms with Gasteiger partial charge >= 0.3 is 12.0 Å². The Bertz CT molecular complexity index is 320. The maximum absolute atomic E-state index is 11.7. The highest BCUT2D eigenvalue weighted by molar-refractivity contribution is 5.84. The summed E-state index contributed by atoms with van der Waals surface area (Å²) in [6.07, 6.45) is 1.25. The minimum atomic E-state index is -0.923. The Morgan fingerprint density at radius 3 is 2.32 bits per heavy atom. The lowest BCUT2D eigenvalue weighted by Gasteiger charge is -2.19. The third-order valence-electron chi connectivity index (χ3n) is 2.59. The minimum Gasteiger partial charge on any atom is -0.481 e. The van der Waals surface area contributed by atoms with E-state index < -0.39 is 17.9 Å². The molecule has 3 N–H and O–H groups in total. The Hall–Kier alpha value is -1.79. The molecule has 0 bridgehead atoms. The summed E-state index contributed by atoms with van der Waals surface area (Å²) in [6.45, 7) is 4.21. The molecule has 1 unspecified atom stereocenters. The van der Waals surface area contributed by atoms with Crippen LogP contribution in [-0.4, -0.2) is 54.6 Å². The van der Waals surface area contributed by atoms with E-state index in [2.05, 4.69) is 10.6 Å². The zero-order valence-electron chi connectivity index (χ0n) is 11.7. The molecular weight excluding hydrogens is 250 g/mol. The van der Waals surface area contributed by atoms with E-state index in [-0.39, 0.29) is 19.0 Å². The van der Waals surface area contributed by atoms with Crippen LogP contribution in [0.1, 0.15) is 26.7 Å². The van der Waals surface area contributed by atoms with E-state index in [1.54, 1.807) is 6.92 Å². The molecule has 110 valence electrons. The van der Waals surface area contributed by atoms with Crippen molar-refractivity contribution in [2.24, 2.45) is 5.92 Å². The Labute approximate surface area is 113 Å². The van der Waals surface area contributed by atoms with Crippen LogP contribution in [0, 0.1) is 5.92 Å². The van der Waals surface area contributed by atoms with Gasteiger partial charge in [-0.05, 0) is 13.3 Å². The quantitative estimate of drug-likeness (QED) is 0.591. The number of carbonyl (C=O) groups is 3. The third kappa shape index (κ3) is 7.28. The average Bonchev–Trinajstić information content (AvgIpc) is 2.33. The normalized spacial score (nSPS) is 11.5. The largest absolute Gasteiger partial charge is 0.481 e. The van der Waals surface area contributed by atoms with Crippen LogP contribution >= 0.6 is 0 Å². The van der Waals surface area contributed by atoms with Gasteiger partial charge < -0.3 is 20.6 Å². The van der Waals surface area contributed by atoms with Crippen molar-refractivity contribution in [2.75, 3.05) is 26.7 Å². The summed E-state index contributed by atoms with van der Waals surface area (Å²) in [5.74, 6) is -1.76. The molecule has 0 radical (unpaired) electrons. The molecule has 0 aliphatic carbocycles. The Morgan fingerprint density at radius 2 is 1.84 bits per heavy atom. The fraction of sp³-hybridized carbons (Fsp3) is 0.750. The van der Waals surface area contributed by atoms with Crippen LogP contribution in [0.3, 0.4) is 0 Å². The molecule has 1 atom stereocenters. The fourth-order valence-electron chi connectivity index (χ4n) is 1.55. The van der Waals surface area contributed by atoms with Crippen LogP contribution in [0.4, 0.5) is 4.79 Å². The second-order valence-corrected chi connectivity index (χ2v) is 4.32. The number of rotatable bonds is 8. The van der Waals surface area contributed by atoms with Crippen molar-refractivity contribution in [3.63, 3.8) is 0 Å². The number of likely N-dealkylation sites (N-methyl/N-ethyl adjacent to an activating group) is 2. The Kier molecular flexibility index (Phi) is 8.32. The number of nitrogens with one attached hydrogen (secondary N) is 2. The van der Waals surface area contributed by atoms with Crippen LogP contribution in [0.2, 0.25) is 0 Å². The lowest BCUT2D eigenvalue weighted by atomic mass is 10.0. The van der Waals surface area contributed by atoms with Crippen LogP contribution < -0.4 is 10.6 Å². The van der Waals surface area contributed by atoms with Crippen molar-refractivity contribution in [2.45, 2.75) is 26.7 Å². The number of hydrogen-bond acceptors (Lipinski definition) is 3. The van der Waals surface area contributed by atoms with Gasteiger partial charge in [0.15, 0.2) is 0 Å². The fourth-order valence-corrected chi connectivity index (χ4v) is 1.55. The van der Waals surface area contributed by atoms with Gasteiger partial charge in [0.2, 0.25) is 5.91 Å². The number of carbonyl (C=O) groups excluding carboxylic acids is 2. The zero-order chi connectivity index (χ0) is 14.8. The molecule has 0 saturated carbocycles. The number of hydrogen-bond donors (Lipinski definition) is 3. The van der Waals surface area contributed by atoms with E-state index in [0.29, 0.717) is 13.0 Å². The number of urea groups is 1. The summed E-state index contributed by atoms with van der Waals surface area (Å²) in [4.78, 5) is 35.1. The van der Waals surface area contributed by atoms with Gasteiger partial charge in [-0.2, -0.15) is 0 Å². The summed E-state index contributed by atoms with van der Waals surface area (Å²) in [5, 5.41) is 14.0. The molecule has 0 aromatic rings. The minimum absolute atomic E-state index is 0.0504. The highest BCUT2D eigenvalue weighted by atomic mass is 16.4. The molecule has 0 fully saturated rings. The lowest BCUT2D eigenvalue weighted by Crippen LogP contribution is -2.45. The first kappa shape index (κ1) is 17.2. The van der Waals surface area contributed by atoms with Crippen molar-refractivity contribution in [3.8, 4) is 0 Å². The van der Waals surface area contributed by atoms with Gasteiger partial charge in [0.1, 0.15) is 6.54 Å². The van der Waals surface area contributed by atoms with Crippen LogP contribution in [-0.2, 0) is 9.59 Å². The van der Waals surface area contributed by atoms with Crippen LogP contribution in [0.25, 0.3) is 0 Å². The molecule has 0 aromatic carbocycles. The SMILES string of the molecule is CCCC(CNC(=O)N(C)CC(=O)NCC)C(=O)O. The molecule has 0 spiro atoms. The van der Waals surface area contributed by atoms with Gasteiger partial charge in [0, 0.05) is 20.1 Å².